The number of rotatable bonds is 2. The normalized spacial score (nSPS) is 19.2. The minimum absolute atomic E-state index is 0.0359. The molecular formula is C11H14N4O4. The minimum atomic E-state index is -0.634. The highest BCUT2D eigenvalue weighted by Gasteiger charge is 2.30. The van der Waals surface area contributed by atoms with Crippen molar-refractivity contribution in [3.05, 3.63) is 27.9 Å². The number of nitrogen functional groups attached to an aromatic ring is 1. The summed E-state index contributed by atoms with van der Waals surface area (Å²) >= 11 is 0. The summed E-state index contributed by atoms with van der Waals surface area (Å²) in [6, 6.07) is 1.11. The third kappa shape index (κ3) is 2.63. The second-order valence-corrected chi connectivity index (χ2v) is 4.31. The van der Waals surface area contributed by atoms with Crippen LogP contribution in [0.2, 0.25) is 0 Å². The third-order valence-electron chi connectivity index (χ3n) is 2.96. The van der Waals surface area contributed by atoms with Crippen molar-refractivity contribution in [3.63, 3.8) is 0 Å². The van der Waals surface area contributed by atoms with Crippen LogP contribution in [0.25, 0.3) is 0 Å². The zero-order chi connectivity index (χ0) is 14.0. The Bertz CT molecular complexity index is 519. The summed E-state index contributed by atoms with van der Waals surface area (Å²) in [5.41, 5.74) is 5.13. The van der Waals surface area contributed by atoms with Crippen LogP contribution in [-0.2, 0) is 4.74 Å². The van der Waals surface area contributed by atoms with Gasteiger partial charge in [0.1, 0.15) is 17.6 Å². The van der Waals surface area contributed by atoms with Gasteiger partial charge in [0.25, 0.3) is 11.6 Å². The monoisotopic (exact) mass is 266 g/mol. The van der Waals surface area contributed by atoms with Crippen LogP contribution in [-0.4, -0.2) is 46.5 Å². The molecule has 0 aromatic carbocycles. The molecule has 1 aliphatic heterocycles. The molecule has 1 atom stereocenters. The number of carbonyl (C=O) groups is 1. The Kier molecular flexibility index (Phi) is 3.61. The van der Waals surface area contributed by atoms with Gasteiger partial charge in [-0.05, 0) is 13.0 Å². The summed E-state index contributed by atoms with van der Waals surface area (Å²) in [6.07, 6.45) is 1.01. The molecule has 1 amide bonds. The van der Waals surface area contributed by atoms with Crippen molar-refractivity contribution < 1.29 is 14.5 Å². The fourth-order valence-corrected chi connectivity index (χ4v) is 1.96. The van der Waals surface area contributed by atoms with Crippen LogP contribution in [0.5, 0.6) is 0 Å². The SMILES string of the molecule is CC1COCCN1C(=O)c1cc(N)ncc1[N+](=O)[O-]. The standard InChI is InChI=1S/C11H14N4O4/c1-7-6-19-3-2-14(7)11(16)8-4-10(12)13-5-9(8)15(17)18/h4-5,7H,2-3,6H2,1H3,(H2,12,13). The molecule has 1 saturated heterocycles. The molecule has 2 N–H and O–H groups in total. The van der Waals surface area contributed by atoms with Crippen molar-refractivity contribution in [3.8, 4) is 0 Å². The Morgan fingerprint density at radius 3 is 3.05 bits per heavy atom. The maximum Gasteiger partial charge on any atom is 0.300 e. The van der Waals surface area contributed by atoms with E-state index in [0.717, 1.165) is 6.20 Å². The van der Waals surface area contributed by atoms with E-state index in [2.05, 4.69) is 4.98 Å². The molecule has 8 nitrogen and oxygen atoms in total. The molecule has 0 bridgehead atoms. The van der Waals surface area contributed by atoms with Crippen LogP contribution in [0.15, 0.2) is 12.3 Å². The van der Waals surface area contributed by atoms with Crippen molar-refractivity contribution in [1.29, 1.82) is 0 Å². The number of morpholine rings is 1. The summed E-state index contributed by atoms with van der Waals surface area (Å²) in [6.45, 7) is 3.07. The first-order chi connectivity index (χ1) is 9.00. The lowest BCUT2D eigenvalue weighted by atomic mass is 10.1. The van der Waals surface area contributed by atoms with Gasteiger partial charge >= 0.3 is 0 Å². The number of hydrogen-bond donors (Lipinski definition) is 1. The van der Waals surface area contributed by atoms with E-state index in [9.17, 15) is 14.9 Å². The predicted octanol–water partition coefficient (Wildman–Crippen LogP) is 0.433. The van der Waals surface area contributed by atoms with Crippen LogP contribution >= 0.6 is 0 Å². The van der Waals surface area contributed by atoms with E-state index in [4.69, 9.17) is 10.5 Å². The van der Waals surface area contributed by atoms with Gasteiger partial charge in [-0.2, -0.15) is 0 Å². The zero-order valence-electron chi connectivity index (χ0n) is 10.4. The Morgan fingerprint density at radius 1 is 1.68 bits per heavy atom. The van der Waals surface area contributed by atoms with Crippen molar-refractivity contribution >= 4 is 17.4 Å². The van der Waals surface area contributed by atoms with Gasteiger partial charge < -0.3 is 15.4 Å². The Balaban J connectivity index is 2.37. The first-order valence-electron chi connectivity index (χ1n) is 5.79. The van der Waals surface area contributed by atoms with E-state index in [1.807, 2.05) is 6.92 Å². The maximum absolute atomic E-state index is 12.4. The van der Waals surface area contributed by atoms with E-state index in [1.165, 1.54) is 6.07 Å². The molecule has 1 fully saturated rings. The number of carbonyl (C=O) groups excluding carboxylic acids is 1. The second-order valence-electron chi connectivity index (χ2n) is 4.31. The fourth-order valence-electron chi connectivity index (χ4n) is 1.96. The van der Waals surface area contributed by atoms with Crippen LogP contribution < -0.4 is 5.73 Å². The number of pyridine rings is 1. The molecule has 0 spiro atoms. The van der Waals surface area contributed by atoms with Crippen molar-refractivity contribution in [2.45, 2.75) is 13.0 Å². The van der Waals surface area contributed by atoms with Gasteiger partial charge in [-0.25, -0.2) is 4.98 Å². The number of nitro groups is 1. The lowest BCUT2D eigenvalue weighted by Gasteiger charge is -2.33. The number of nitrogens with zero attached hydrogens (tertiary/aromatic N) is 3. The Morgan fingerprint density at radius 2 is 2.42 bits per heavy atom. The topological polar surface area (TPSA) is 112 Å². The predicted molar refractivity (Wildman–Crippen MR) is 66.6 cm³/mol. The summed E-state index contributed by atoms with van der Waals surface area (Å²) in [7, 11) is 0. The molecule has 2 heterocycles. The molecule has 0 radical (unpaired) electrons. The van der Waals surface area contributed by atoms with Gasteiger partial charge in [-0.15, -0.1) is 0 Å². The number of aromatic nitrogens is 1. The van der Waals surface area contributed by atoms with Crippen molar-refractivity contribution in [1.82, 2.24) is 9.88 Å². The summed E-state index contributed by atoms with van der Waals surface area (Å²) in [4.78, 5) is 27.9. The summed E-state index contributed by atoms with van der Waals surface area (Å²) < 4.78 is 5.23. The smallest absolute Gasteiger partial charge is 0.300 e. The molecule has 19 heavy (non-hydrogen) atoms. The van der Waals surface area contributed by atoms with E-state index in [1.54, 1.807) is 4.90 Å². The summed E-state index contributed by atoms with van der Waals surface area (Å²) in [5.74, 6) is -0.341. The number of nitrogens with two attached hydrogens (primary N) is 1. The first-order valence-corrected chi connectivity index (χ1v) is 5.79. The van der Waals surface area contributed by atoms with Crippen molar-refractivity contribution in [2.24, 2.45) is 0 Å². The fraction of sp³-hybridized carbons (Fsp3) is 0.455. The largest absolute Gasteiger partial charge is 0.384 e. The highest BCUT2D eigenvalue weighted by atomic mass is 16.6. The molecule has 1 unspecified atom stereocenters. The number of ether oxygens (including phenoxy) is 1. The van der Waals surface area contributed by atoms with Crippen LogP contribution in [0.1, 0.15) is 17.3 Å². The molecule has 0 saturated carbocycles. The van der Waals surface area contributed by atoms with Crippen molar-refractivity contribution in [2.75, 3.05) is 25.5 Å². The van der Waals surface area contributed by atoms with E-state index in [-0.39, 0.29) is 23.1 Å². The van der Waals surface area contributed by atoms with Crippen LogP contribution in [0.3, 0.4) is 0 Å². The highest BCUT2D eigenvalue weighted by molar-refractivity contribution is 5.98. The zero-order valence-corrected chi connectivity index (χ0v) is 10.4. The maximum atomic E-state index is 12.4. The third-order valence-corrected chi connectivity index (χ3v) is 2.96. The molecule has 0 aliphatic carbocycles. The van der Waals surface area contributed by atoms with Gasteiger partial charge in [-0.1, -0.05) is 0 Å². The van der Waals surface area contributed by atoms with E-state index >= 15 is 0 Å². The Hall–Kier alpha value is -2.22. The average molecular weight is 266 g/mol. The minimum Gasteiger partial charge on any atom is -0.384 e. The molecule has 1 aromatic heterocycles. The quantitative estimate of drug-likeness (QED) is 0.613. The van der Waals surface area contributed by atoms with Gasteiger partial charge in [-0.3, -0.25) is 14.9 Å². The molecule has 2 rings (SSSR count). The van der Waals surface area contributed by atoms with E-state index < -0.39 is 10.8 Å². The molecule has 1 aliphatic rings. The van der Waals surface area contributed by atoms with E-state index in [0.29, 0.717) is 19.8 Å². The first kappa shape index (κ1) is 13.2. The second kappa shape index (κ2) is 5.19. The number of amides is 1. The van der Waals surface area contributed by atoms with Crippen LogP contribution in [0, 0.1) is 10.1 Å². The van der Waals surface area contributed by atoms with Gasteiger partial charge in [0.05, 0.1) is 24.2 Å². The number of anilines is 1. The van der Waals surface area contributed by atoms with Gasteiger partial charge in [0.2, 0.25) is 0 Å². The highest BCUT2D eigenvalue weighted by Crippen LogP contribution is 2.22. The molecule has 8 heteroatoms. The van der Waals surface area contributed by atoms with Gasteiger partial charge in [0.15, 0.2) is 0 Å². The van der Waals surface area contributed by atoms with Gasteiger partial charge in [0, 0.05) is 6.54 Å². The van der Waals surface area contributed by atoms with Crippen LogP contribution in [0.4, 0.5) is 11.5 Å². The molecule has 1 aromatic rings. The lowest BCUT2D eigenvalue weighted by Crippen LogP contribution is -2.47. The molecule has 102 valence electrons. The summed E-state index contributed by atoms with van der Waals surface area (Å²) in [5, 5.41) is 10.9. The Labute approximate surface area is 109 Å². The average Bonchev–Trinajstić information content (AvgIpc) is 2.38. The number of hydrogen-bond acceptors (Lipinski definition) is 6. The lowest BCUT2D eigenvalue weighted by molar-refractivity contribution is -0.385. The molecular weight excluding hydrogens is 252 g/mol.